The van der Waals surface area contributed by atoms with Gasteiger partial charge in [0.1, 0.15) is 0 Å². The van der Waals surface area contributed by atoms with Crippen molar-refractivity contribution in [2.45, 2.75) is 13.3 Å². The molecule has 0 spiro atoms. The number of ether oxygens (including phenoxy) is 2. The molecule has 0 saturated heterocycles. The van der Waals surface area contributed by atoms with E-state index in [-0.39, 0.29) is 18.1 Å². The van der Waals surface area contributed by atoms with E-state index in [0.29, 0.717) is 17.1 Å². The quantitative estimate of drug-likeness (QED) is 0.733. The van der Waals surface area contributed by atoms with Crippen molar-refractivity contribution in [3.63, 3.8) is 0 Å². The summed E-state index contributed by atoms with van der Waals surface area (Å²) in [6.07, 6.45) is 0.215. The Morgan fingerprint density at radius 1 is 1.35 bits per heavy atom. The predicted molar refractivity (Wildman–Crippen MR) is 63.3 cm³/mol. The van der Waals surface area contributed by atoms with Crippen LogP contribution < -0.4 is 9.47 Å². The Balaban J connectivity index is 3.00. The zero-order valence-corrected chi connectivity index (χ0v) is 10.2. The summed E-state index contributed by atoms with van der Waals surface area (Å²) in [5.74, 6) is 0.727. The molecule has 1 aromatic rings. The highest BCUT2D eigenvalue weighted by molar-refractivity contribution is 5.98. The van der Waals surface area contributed by atoms with Crippen molar-refractivity contribution in [2.75, 3.05) is 14.2 Å². The average molecular weight is 233 g/mol. The molecule has 90 valence electrons. The number of hydrogen-bond donors (Lipinski definition) is 0. The van der Waals surface area contributed by atoms with Gasteiger partial charge in [-0.2, -0.15) is 5.26 Å². The van der Waals surface area contributed by atoms with Crippen LogP contribution in [0.25, 0.3) is 0 Å². The van der Waals surface area contributed by atoms with Crippen LogP contribution in [-0.2, 0) is 0 Å². The first-order chi connectivity index (χ1) is 8.13. The molecule has 1 atom stereocenters. The number of ketones is 1. The van der Waals surface area contributed by atoms with Gasteiger partial charge < -0.3 is 9.47 Å². The van der Waals surface area contributed by atoms with Crippen LogP contribution in [0.4, 0.5) is 0 Å². The standard InChI is InChI=1S/C13H15NO3/c1-9(6-7-14)13(15)10-4-5-11(16-2)12(8-10)17-3/h4-5,8-9H,6H2,1-3H3. The number of rotatable bonds is 5. The topological polar surface area (TPSA) is 59.3 Å². The van der Waals surface area contributed by atoms with Crippen LogP contribution in [0.2, 0.25) is 0 Å². The number of nitrogens with zero attached hydrogens (tertiary/aromatic N) is 1. The molecular weight excluding hydrogens is 218 g/mol. The number of carbonyl (C=O) groups excluding carboxylic acids is 1. The second kappa shape index (κ2) is 5.90. The van der Waals surface area contributed by atoms with Crippen LogP contribution in [0.15, 0.2) is 18.2 Å². The lowest BCUT2D eigenvalue weighted by atomic mass is 9.97. The molecule has 0 saturated carbocycles. The van der Waals surface area contributed by atoms with Crippen molar-refractivity contribution in [1.29, 1.82) is 5.26 Å². The maximum absolute atomic E-state index is 12.0. The lowest BCUT2D eigenvalue weighted by Gasteiger charge is -2.10. The summed E-state index contributed by atoms with van der Waals surface area (Å²) in [6, 6.07) is 6.99. The SMILES string of the molecule is COc1ccc(C(=O)C(C)CC#N)cc1OC. The Bertz CT molecular complexity index is 448. The van der Waals surface area contributed by atoms with Crippen molar-refractivity contribution in [3.8, 4) is 17.6 Å². The molecule has 17 heavy (non-hydrogen) atoms. The van der Waals surface area contributed by atoms with Gasteiger partial charge in [0.05, 0.1) is 20.3 Å². The normalized spacial score (nSPS) is 11.4. The van der Waals surface area contributed by atoms with E-state index in [0.717, 1.165) is 0 Å². The van der Waals surface area contributed by atoms with Crippen LogP contribution in [0.1, 0.15) is 23.7 Å². The fourth-order valence-electron chi connectivity index (χ4n) is 1.50. The maximum atomic E-state index is 12.0. The molecule has 0 aliphatic heterocycles. The van der Waals surface area contributed by atoms with Crippen LogP contribution in [0, 0.1) is 17.2 Å². The van der Waals surface area contributed by atoms with Gasteiger partial charge in [0.2, 0.25) is 0 Å². The minimum Gasteiger partial charge on any atom is -0.493 e. The smallest absolute Gasteiger partial charge is 0.166 e. The van der Waals surface area contributed by atoms with E-state index >= 15 is 0 Å². The summed E-state index contributed by atoms with van der Waals surface area (Å²) < 4.78 is 10.2. The molecule has 4 nitrogen and oxygen atoms in total. The molecule has 0 aliphatic rings. The van der Waals surface area contributed by atoms with E-state index in [1.807, 2.05) is 6.07 Å². The molecule has 4 heteroatoms. The highest BCUT2D eigenvalue weighted by Crippen LogP contribution is 2.28. The predicted octanol–water partition coefficient (Wildman–Crippen LogP) is 2.44. The van der Waals surface area contributed by atoms with Crippen LogP contribution in [0.3, 0.4) is 0 Å². The van der Waals surface area contributed by atoms with Crippen molar-refractivity contribution in [1.82, 2.24) is 0 Å². The first-order valence-electron chi connectivity index (χ1n) is 5.27. The highest BCUT2D eigenvalue weighted by Gasteiger charge is 2.16. The van der Waals surface area contributed by atoms with Gasteiger partial charge in [-0.3, -0.25) is 4.79 Å². The van der Waals surface area contributed by atoms with E-state index in [9.17, 15) is 4.79 Å². The molecule has 0 amide bonds. The van der Waals surface area contributed by atoms with E-state index in [2.05, 4.69) is 0 Å². The van der Waals surface area contributed by atoms with E-state index < -0.39 is 0 Å². The number of benzene rings is 1. The maximum Gasteiger partial charge on any atom is 0.166 e. The number of hydrogen-bond acceptors (Lipinski definition) is 4. The van der Waals surface area contributed by atoms with E-state index in [4.69, 9.17) is 14.7 Å². The number of carbonyl (C=O) groups is 1. The number of Topliss-reactive ketones (excluding diaryl/α,β-unsaturated/α-hetero) is 1. The van der Waals surface area contributed by atoms with Crippen molar-refractivity contribution in [3.05, 3.63) is 23.8 Å². The second-order valence-electron chi connectivity index (χ2n) is 3.70. The van der Waals surface area contributed by atoms with Crippen molar-refractivity contribution < 1.29 is 14.3 Å². The van der Waals surface area contributed by atoms with Gasteiger partial charge in [-0.05, 0) is 18.2 Å². The molecule has 0 radical (unpaired) electrons. The molecule has 1 rings (SSSR count). The Labute approximate surface area is 101 Å². The summed E-state index contributed by atoms with van der Waals surface area (Å²) in [7, 11) is 3.06. The fraction of sp³-hybridized carbons (Fsp3) is 0.385. The third-order valence-corrected chi connectivity index (χ3v) is 2.51. The second-order valence-corrected chi connectivity index (χ2v) is 3.70. The van der Waals surface area contributed by atoms with E-state index in [1.165, 1.54) is 14.2 Å². The average Bonchev–Trinajstić information content (AvgIpc) is 2.37. The lowest BCUT2D eigenvalue weighted by molar-refractivity contribution is 0.0931. The van der Waals surface area contributed by atoms with Crippen molar-refractivity contribution >= 4 is 5.78 Å². The summed E-state index contributed by atoms with van der Waals surface area (Å²) in [5.41, 5.74) is 0.533. The molecule has 0 aromatic heterocycles. The van der Waals surface area contributed by atoms with Gasteiger partial charge in [-0.15, -0.1) is 0 Å². The molecule has 1 unspecified atom stereocenters. The largest absolute Gasteiger partial charge is 0.493 e. The Kier molecular flexibility index (Phi) is 4.53. The third-order valence-electron chi connectivity index (χ3n) is 2.51. The van der Waals surface area contributed by atoms with Crippen LogP contribution in [-0.4, -0.2) is 20.0 Å². The van der Waals surface area contributed by atoms with Gasteiger partial charge in [0.25, 0.3) is 0 Å². The van der Waals surface area contributed by atoms with Crippen LogP contribution >= 0.6 is 0 Å². The van der Waals surface area contributed by atoms with Gasteiger partial charge in [-0.25, -0.2) is 0 Å². The lowest BCUT2D eigenvalue weighted by Crippen LogP contribution is -2.10. The van der Waals surface area contributed by atoms with Crippen molar-refractivity contribution in [2.24, 2.45) is 5.92 Å². The third kappa shape index (κ3) is 2.97. The Morgan fingerprint density at radius 2 is 2.00 bits per heavy atom. The minimum absolute atomic E-state index is 0.0625. The van der Waals surface area contributed by atoms with E-state index in [1.54, 1.807) is 25.1 Å². The summed E-state index contributed by atoms with van der Waals surface area (Å²) in [4.78, 5) is 12.0. The monoisotopic (exact) mass is 233 g/mol. The molecular formula is C13H15NO3. The van der Waals surface area contributed by atoms with Gasteiger partial charge in [-0.1, -0.05) is 6.92 Å². The molecule has 0 N–H and O–H groups in total. The first-order valence-corrected chi connectivity index (χ1v) is 5.27. The Morgan fingerprint density at radius 3 is 2.53 bits per heavy atom. The zero-order valence-electron chi connectivity index (χ0n) is 10.2. The van der Waals surface area contributed by atoms with Crippen LogP contribution in [0.5, 0.6) is 11.5 Å². The summed E-state index contributed by atoms with van der Waals surface area (Å²) in [6.45, 7) is 1.74. The number of methoxy groups -OCH3 is 2. The van der Waals surface area contributed by atoms with Gasteiger partial charge >= 0.3 is 0 Å². The fourth-order valence-corrected chi connectivity index (χ4v) is 1.50. The highest BCUT2D eigenvalue weighted by atomic mass is 16.5. The molecule has 0 aliphatic carbocycles. The van der Waals surface area contributed by atoms with Gasteiger partial charge in [0.15, 0.2) is 17.3 Å². The summed E-state index contributed by atoms with van der Waals surface area (Å²) >= 11 is 0. The minimum atomic E-state index is -0.307. The number of nitriles is 1. The molecule has 0 bridgehead atoms. The first kappa shape index (κ1) is 13.0. The molecule has 0 heterocycles. The van der Waals surface area contributed by atoms with Gasteiger partial charge in [0, 0.05) is 17.9 Å². The summed E-state index contributed by atoms with van der Waals surface area (Å²) in [5, 5.41) is 8.57. The molecule has 0 fully saturated rings. The Hall–Kier alpha value is -2.02. The molecule has 1 aromatic carbocycles. The zero-order chi connectivity index (χ0) is 12.8.